The second-order valence-corrected chi connectivity index (χ2v) is 8.19. The summed E-state index contributed by atoms with van der Waals surface area (Å²) in [7, 11) is 0. The second-order valence-electron chi connectivity index (χ2n) is 8.19. The minimum atomic E-state index is -0.531. The second kappa shape index (κ2) is 9.18. The number of benzene rings is 1. The first kappa shape index (κ1) is 22.0. The fourth-order valence-electron chi connectivity index (χ4n) is 4.22. The summed E-state index contributed by atoms with van der Waals surface area (Å²) in [4.78, 5) is 36.0. The molecular weight excluding hydrogens is 443 g/mol. The summed E-state index contributed by atoms with van der Waals surface area (Å²) in [5.74, 6) is 0.129. The molecule has 176 valence electrons. The van der Waals surface area contributed by atoms with E-state index in [-0.39, 0.29) is 35.1 Å². The van der Waals surface area contributed by atoms with E-state index < -0.39 is 5.97 Å². The SMILES string of the molecule is CCOC(=O)c1c[nH]n2c(=O)cc(CN3CCCC(c4nc(-c5ccc(F)cc5)no4)C3)nc12. The maximum Gasteiger partial charge on any atom is 0.343 e. The van der Waals surface area contributed by atoms with Crippen molar-refractivity contribution in [3.05, 3.63) is 69.8 Å². The van der Waals surface area contributed by atoms with Crippen molar-refractivity contribution < 1.29 is 18.4 Å². The van der Waals surface area contributed by atoms with Gasteiger partial charge in [-0.05, 0) is 50.6 Å². The van der Waals surface area contributed by atoms with Crippen LogP contribution >= 0.6 is 0 Å². The number of piperidine rings is 1. The van der Waals surface area contributed by atoms with Crippen LogP contribution in [0.15, 0.2) is 45.8 Å². The van der Waals surface area contributed by atoms with Crippen molar-refractivity contribution in [1.29, 1.82) is 0 Å². The number of hydrogen-bond acceptors (Lipinski definition) is 8. The Labute approximate surface area is 193 Å². The van der Waals surface area contributed by atoms with Gasteiger partial charge in [-0.2, -0.15) is 4.98 Å². The lowest BCUT2D eigenvalue weighted by Gasteiger charge is -2.30. The highest BCUT2D eigenvalue weighted by Gasteiger charge is 2.27. The van der Waals surface area contributed by atoms with Crippen molar-refractivity contribution >= 4 is 11.6 Å². The third-order valence-corrected chi connectivity index (χ3v) is 5.83. The van der Waals surface area contributed by atoms with Crippen LogP contribution in [0.4, 0.5) is 4.39 Å². The van der Waals surface area contributed by atoms with Gasteiger partial charge >= 0.3 is 5.97 Å². The van der Waals surface area contributed by atoms with Gasteiger partial charge in [0, 0.05) is 30.9 Å². The van der Waals surface area contributed by atoms with Gasteiger partial charge in [0.1, 0.15) is 11.4 Å². The van der Waals surface area contributed by atoms with E-state index in [1.165, 1.54) is 28.9 Å². The van der Waals surface area contributed by atoms with E-state index in [2.05, 4.69) is 25.1 Å². The zero-order chi connectivity index (χ0) is 23.7. The molecule has 0 spiro atoms. The maximum absolute atomic E-state index is 13.2. The minimum absolute atomic E-state index is 0.0302. The van der Waals surface area contributed by atoms with Crippen molar-refractivity contribution in [1.82, 2.24) is 29.6 Å². The highest BCUT2D eigenvalue weighted by molar-refractivity contribution is 5.95. The minimum Gasteiger partial charge on any atom is -0.462 e. The number of aromatic amines is 1. The Morgan fingerprint density at radius 1 is 1.29 bits per heavy atom. The fraction of sp³-hybridized carbons (Fsp3) is 0.348. The molecule has 0 saturated carbocycles. The molecule has 11 heteroatoms. The van der Waals surface area contributed by atoms with Crippen LogP contribution in [0.5, 0.6) is 0 Å². The molecule has 4 heterocycles. The maximum atomic E-state index is 13.2. The largest absolute Gasteiger partial charge is 0.462 e. The zero-order valence-electron chi connectivity index (χ0n) is 18.5. The molecule has 4 aromatic rings. The van der Waals surface area contributed by atoms with E-state index in [0.29, 0.717) is 36.1 Å². The summed E-state index contributed by atoms with van der Waals surface area (Å²) in [6.45, 7) is 3.87. The molecule has 0 bridgehead atoms. The average Bonchev–Trinajstić information content (AvgIpc) is 3.48. The highest BCUT2D eigenvalue weighted by Crippen LogP contribution is 2.28. The average molecular weight is 466 g/mol. The van der Waals surface area contributed by atoms with Crippen LogP contribution in [0, 0.1) is 5.82 Å². The van der Waals surface area contributed by atoms with Gasteiger partial charge in [0.25, 0.3) is 5.56 Å². The molecule has 3 aromatic heterocycles. The molecule has 34 heavy (non-hydrogen) atoms. The van der Waals surface area contributed by atoms with Crippen LogP contribution < -0.4 is 5.56 Å². The van der Waals surface area contributed by atoms with Crippen LogP contribution in [-0.4, -0.2) is 55.3 Å². The van der Waals surface area contributed by atoms with Gasteiger partial charge < -0.3 is 9.26 Å². The molecule has 1 aliphatic heterocycles. The van der Waals surface area contributed by atoms with E-state index >= 15 is 0 Å². The monoisotopic (exact) mass is 466 g/mol. The summed E-state index contributed by atoms with van der Waals surface area (Å²) in [6, 6.07) is 7.41. The molecule has 1 atom stereocenters. The number of rotatable bonds is 6. The molecule has 1 saturated heterocycles. The van der Waals surface area contributed by atoms with Gasteiger partial charge in [0.05, 0.1) is 18.2 Å². The molecule has 1 N–H and O–H groups in total. The smallest absolute Gasteiger partial charge is 0.343 e. The summed E-state index contributed by atoms with van der Waals surface area (Å²) in [6.07, 6.45) is 3.23. The van der Waals surface area contributed by atoms with Crippen LogP contribution in [0.3, 0.4) is 0 Å². The topological polar surface area (TPSA) is 119 Å². The third kappa shape index (κ3) is 4.34. The number of carbonyl (C=O) groups is 1. The van der Waals surface area contributed by atoms with E-state index in [1.807, 2.05) is 0 Å². The predicted octanol–water partition coefficient (Wildman–Crippen LogP) is 2.77. The molecular formula is C23H23FN6O4. The van der Waals surface area contributed by atoms with E-state index in [1.54, 1.807) is 19.1 Å². The lowest BCUT2D eigenvalue weighted by Crippen LogP contribution is -2.34. The van der Waals surface area contributed by atoms with Gasteiger partial charge in [-0.3, -0.25) is 14.8 Å². The number of nitrogens with zero attached hydrogens (tertiary/aromatic N) is 5. The number of halogens is 1. The third-order valence-electron chi connectivity index (χ3n) is 5.83. The number of aromatic nitrogens is 5. The number of carbonyl (C=O) groups excluding carboxylic acids is 1. The number of hydrogen-bond donors (Lipinski definition) is 1. The molecule has 1 aliphatic rings. The van der Waals surface area contributed by atoms with Crippen molar-refractivity contribution in [2.75, 3.05) is 19.7 Å². The van der Waals surface area contributed by atoms with Gasteiger partial charge in [-0.25, -0.2) is 18.7 Å². The van der Waals surface area contributed by atoms with Crippen molar-refractivity contribution in [2.45, 2.75) is 32.2 Å². The first-order chi connectivity index (χ1) is 16.5. The lowest BCUT2D eigenvalue weighted by atomic mass is 9.98. The highest BCUT2D eigenvalue weighted by atomic mass is 19.1. The van der Waals surface area contributed by atoms with Gasteiger partial charge in [0.2, 0.25) is 11.7 Å². The molecule has 1 fully saturated rings. The first-order valence-electron chi connectivity index (χ1n) is 11.1. The molecule has 5 rings (SSSR count). The molecule has 0 radical (unpaired) electrons. The molecule has 0 amide bonds. The standard InChI is InChI=1S/C23H23FN6O4/c1-2-33-23(32)18-11-25-30-19(31)10-17(26-21(18)30)13-29-9-3-4-15(12-29)22-27-20(28-34-22)14-5-7-16(24)8-6-14/h5-8,10-11,15,25H,2-4,9,12-13H2,1H3. The number of fused-ring (bicyclic) bond motifs is 1. The summed E-state index contributed by atoms with van der Waals surface area (Å²) < 4.78 is 25.0. The summed E-state index contributed by atoms with van der Waals surface area (Å²) in [5, 5.41) is 6.80. The van der Waals surface area contributed by atoms with Crippen LogP contribution in [0.25, 0.3) is 17.0 Å². The Bertz CT molecular complexity index is 1380. The van der Waals surface area contributed by atoms with E-state index in [4.69, 9.17) is 9.26 Å². The molecule has 0 aliphatic carbocycles. The molecule has 1 aromatic carbocycles. The summed E-state index contributed by atoms with van der Waals surface area (Å²) in [5.41, 5.74) is 1.41. The Morgan fingerprint density at radius 2 is 2.12 bits per heavy atom. The summed E-state index contributed by atoms with van der Waals surface area (Å²) >= 11 is 0. The molecule has 10 nitrogen and oxygen atoms in total. The number of nitrogens with one attached hydrogen (secondary N) is 1. The van der Waals surface area contributed by atoms with Crippen LogP contribution in [0.2, 0.25) is 0 Å². The Kier molecular flexibility index (Phi) is 5.93. The van der Waals surface area contributed by atoms with Gasteiger partial charge in [0.15, 0.2) is 5.65 Å². The van der Waals surface area contributed by atoms with Gasteiger partial charge in [-0.1, -0.05) is 5.16 Å². The number of esters is 1. The van der Waals surface area contributed by atoms with Crippen LogP contribution in [-0.2, 0) is 11.3 Å². The number of ether oxygens (including phenoxy) is 1. The lowest BCUT2D eigenvalue weighted by molar-refractivity contribution is 0.0528. The van der Waals surface area contributed by atoms with Crippen LogP contribution in [0.1, 0.15) is 47.6 Å². The first-order valence-corrected chi connectivity index (χ1v) is 11.1. The Morgan fingerprint density at radius 3 is 2.91 bits per heavy atom. The van der Waals surface area contributed by atoms with Crippen molar-refractivity contribution in [3.8, 4) is 11.4 Å². The normalized spacial score (nSPS) is 16.7. The number of likely N-dealkylation sites (tertiary alicyclic amines) is 1. The number of H-pyrrole nitrogens is 1. The fourth-order valence-corrected chi connectivity index (χ4v) is 4.22. The van der Waals surface area contributed by atoms with E-state index in [9.17, 15) is 14.0 Å². The van der Waals surface area contributed by atoms with E-state index in [0.717, 1.165) is 19.4 Å². The predicted molar refractivity (Wildman–Crippen MR) is 119 cm³/mol. The van der Waals surface area contributed by atoms with Crippen molar-refractivity contribution in [3.63, 3.8) is 0 Å². The van der Waals surface area contributed by atoms with Gasteiger partial charge in [-0.15, -0.1) is 0 Å². The van der Waals surface area contributed by atoms with Crippen molar-refractivity contribution in [2.24, 2.45) is 0 Å². The Balaban J connectivity index is 1.33. The molecule has 1 unspecified atom stereocenters. The Hall–Kier alpha value is -3.86. The zero-order valence-corrected chi connectivity index (χ0v) is 18.5. The quantitative estimate of drug-likeness (QED) is 0.431.